The molecular formula is C15H26N4O. The van der Waals surface area contributed by atoms with Gasteiger partial charge in [0.1, 0.15) is 17.5 Å². The largest absolute Gasteiger partial charge is 0.376 e. The predicted octanol–water partition coefficient (Wildman–Crippen LogP) is 3.01. The number of ether oxygens (including phenoxy) is 1. The first-order valence-electron chi connectivity index (χ1n) is 7.61. The van der Waals surface area contributed by atoms with Crippen LogP contribution < -0.4 is 10.6 Å². The third-order valence-electron chi connectivity index (χ3n) is 3.58. The zero-order chi connectivity index (χ0) is 14.4. The number of nitrogens with zero attached hydrogens (tertiary/aromatic N) is 2. The summed E-state index contributed by atoms with van der Waals surface area (Å²) in [5.41, 5.74) is 0. The summed E-state index contributed by atoms with van der Waals surface area (Å²) in [4.78, 5) is 8.98. The normalized spacial score (nSPS) is 15.8. The quantitative estimate of drug-likeness (QED) is 0.751. The number of hydrogen-bond donors (Lipinski definition) is 2. The van der Waals surface area contributed by atoms with E-state index in [1.807, 2.05) is 13.1 Å². The molecule has 0 radical (unpaired) electrons. The van der Waals surface area contributed by atoms with Gasteiger partial charge in [-0.2, -0.15) is 0 Å². The fourth-order valence-electron chi connectivity index (χ4n) is 2.40. The molecule has 0 bridgehead atoms. The van der Waals surface area contributed by atoms with Crippen LogP contribution in [0.1, 0.15) is 51.3 Å². The van der Waals surface area contributed by atoms with Gasteiger partial charge < -0.3 is 15.4 Å². The second kappa shape index (κ2) is 7.43. The maximum Gasteiger partial charge on any atom is 0.135 e. The molecule has 0 spiro atoms. The lowest BCUT2D eigenvalue weighted by atomic mass is 10.2. The summed E-state index contributed by atoms with van der Waals surface area (Å²) in [7, 11) is 1.87. The fourth-order valence-corrected chi connectivity index (χ4v) is 2.40. The van der Waals surface area contributed by atoms with Gasteiger partial charge in [0.05, 0.1) is 12.7 Å². The van der Waals surface area contributed by atoms with Crippen molar-refractivity contribution in [2.75, 3.05) is 30.8 Å². The van der Waals surface area contributed by atoms with Crippen LogP contribution in [0.4, 0.5) is 11.6 Å². The molecule has 5 nitrogen and oxygen atoms in total. The number of hydrogen-bond acceptors (Lipinski definition) is 5. The summed E-state index contributed by atoms with van der Waals surface area (Å²) in [6.45, 7) is 5.72. The molecule has 1 heterocycles. The standard InChI is InChI=1S/C15H26N4O/c1-11(2)15-18-13(16-3)10-14(19-15)17-8-9-20-12-6-4-5-7-12/h10-12H,4-9H2,1-3H3,(H2,16,17,18,19). The molecule has 1 aromatic rings. The van der Waals surface area contributed by atoms with Crippen LogP contribution in [-0.4, -0.2) is 36.3 Å². The molecule has 1 aromatic heterocycles. The second-order valence-corrected chi connectivity index (χ2v) is 5.61. The average Bonchev–Trinajstić information content (AvgIpc) is 2.96. The maximum atomic E-state index is 5.84. The van der Waals surface area contributed by atoms with Crippen LogP contribution in [0.5, 0.6) is 0 Å². The topological polar surface area (TPSA) is 59.1 Å². The summed E-state index contributed by atoms with van der Waals surface area (Å²) in [5, 5.41) is 6.40. The van der Waals surface area contributed by atoms with Crippen molar-refractivity contribution >= 4 is 11.6 Å². The number of nitrogens with one attached hydrogen (secondary N) is 2. The summed E-state index contributed by atoms with van der Waals surface area (Å²) >= 11 is 0. The van der Waals surface area contributed by atoms with Crippen molar-refractivity contribution in [3.63, 3.8) is 0 Å². The van der Waals surface area contributed by atoms with Crippen molar-refractivity contribution in [2.24, 2.45) is 0 Å². The zero-order valence-corrected chi connectivity index (χ0v) is 12.8. The van der Waals surface area contributed by atoms with Crippen molar-refractivity contribution in [3.05, 3.63) is 11.9 Å². The van der Waals surface area contributed by atoms with Crippen molar-refractivity contribution in [1.29, 1.82) is 0 Å². The number of aromatic nitrogens is 2. The highest BCUT2D eigenvalue weighted by atomic mass is 16.5. The fraction of sp³-hybridized carbons (Fsp3) is 0.733. The van der Waals surface area contributed by atoms with Gasteiger partial charge in [0.25, 0.3) is 0 Å². The Labute approximate surface area is 121 Å². The van der Waals surface area contributed by atoms with E-state index in [-0.39, 0.29) is 0 Å². The van der Waals surface area contributed by atoms with Gasteiger partial charge in [0, 0.05) is 25.6 Å². The number of rotatable bonds is 7. The molecule has 1 fully saturated rings. The van der Waals surface area contributed by atoms with Crippen LogP contribution in [-0.2, 0) is 4.74 Å². The van der Waals surface area contributed by atoms with E-state index in [1.165, 1.54) is 25.7 Å². The lowest BCUT2D eigenvalue weighted by Crippen LogP contribution is -2.16. The monoisotopic (exact) mass is 278 g/mol. The average molecular weight is 278 g/mol. The van der Waals surface area contributed by atoms with E-state index in [9.17, 15) is 0 Å². The zero-order valence-electron chi connectivity index (χ0n) is 12.8. The molecule has 0 amide bonds. The van der Waals surface area contributed by atoms with Gasteiger partial charge in [-0.1, -0.05) is 26.7 Å². The van der Waals surface area contributed by atoms with Crippen LogP contribution in [0.2, 0.25) is 0 Å². The van der Waals surface area contributed by atoms with Gasteiger partial charge in [0.15, 0.2) is 0 Å². The molecule has 112 valence electrons. The lowest BCUT2D eigenvalue weighted by molar-refractivity contribution is 0.0658. The molecule has 0 unspecified atom stereocenters. The van der Waals surface area contributed by atoms with E-state index in [0.717, 1.165) is 30.6 Å². The summed E-state index contributed by atoms with van der Waals surface area (Å²) in [5.74, 6) is 2.89. The Kier molecular flexibility index (Phi) is 5.59. The third-order valence-corrected chi connectivity index (χ3v) is 3.58. The van der Waals surface area contributed by atoms with E-state index in [2.05, 4.69) is 34.4 Å². The Bertz CT molecular complexity index is 416. The Morgan fingerprint density at radius 3 is 2.60 bits per heavy atom. The van der Waals surface area contributed by atoms with Crippen molar-refractivity contribution in [1.82, 2.24) is 9.97 Å². The lowest BCUT2D eigenvalue weighted by Gasteiger charge is -2.13. The number of anilines is 2. The first kappa shape index (κ1) is 15.0. The molecule has 5 heteroatoms. The first-order valence-corrected chi connectivity index (χ1v) is 7.61. The van der Waals surface area contributed by atoms with Crippen molar-refractivity contribution < 1.29 is 4.74 Å². The molecule has 0 aromatic carbocycles. The minimum absolute atomic E-state index is 0.318. The molecule has 0 saturated heterocycles. The molecule has 2 N–H and O–H groups in total. The van der Waals surface area contributed by atoms with E-state index in [0.29, 0.717) is 12.0 Å². The van der Waals surface area contributed by atoms with Gasteiger partial charge in [-0.15, -0.1) is 0 Å². The Morgan fingerprint density at radius 1 is 1.25 bits per heavy atom. The van der Waals surface area contributed by atoms with Gasteiger partial charge in [-0.25, -0.2) is 9.97 Å². The van der Waals surface area contributed by atoms with Gasteiger partial charge in [-0.05, 0) is 12.8 Å². The molecule has 20 heavy (non-hydrogen) atoms. The van der Waals surface area contributed by atoms with Crippen LogP contribution in [0, 0.1) is 0 Å². The molecular weight excluding hydrogens is 252 g/mol. The Balaban J connectivity index is 1.83. The summed E-state index contributed by atoms with van der Waals surface area (Å²) in [6, 6.07) is 1.93. The highest BCUT2D eigenvalue weighted by molar-refractivity contribution is 5.47. The molecule has 1 aliphatic carbocycles. The summed E-state index contributed by atoms with van der Waals surface area (Å²) in [6.07, 6.45) is 5.53. The Hall–Kier alpha value is -1.36. The smallest absolute Gasteiger partial charge is 0.135 e. The molecule has 0 aliphatic heterocycles. The van der Waals surface area contributed by atoms with E-state index in [1.54, 1.807) is 0 Å². The van der Waals surface area contributed by atoms with Gasteiger partial charge in [-0.3, -0.25) is 0 Å². The van der Waals surface area contributed by atoms with Crippen LogP contribution in [0.3, 0.4) is 0 Å². The van der Waals surface area contributed by atoms with E-state index < -0.39 is 0 Å². The summed E-state index contributed by atoms with van der Waals surface area (Å²) < 4.78 is 5.84. The van der Waals surface area contributed by atoms with Crippen molar-refractivity contribution in [3.8, 4) is 0 Å². The highest BCUT2D eigenvalue weighted by Crippen LogP contribution is 2.21. The van der Waals surface area contributed by atoms with Crippen molar-refractivity contribution in [2.45, 2.75) is 51.6 Å². The molecule has 1 aliphatic rings. The highest BCUT2D eigenvalue weighted by Gasteiger charge is 2.14. The predicted molar refractivity (Wildman–Crippen MR) is 82.4 cm³/mol. The minimum atomic E-state index is 0.318. The maximum absolute atomic E-state index is 5.84. The molecule has 2 rings (SSSR count). The Morgan fingerprint density at radius 2 is 1.95 bits per heavy atom. The molecule has 0 atom stereocenters. The van der Waals surface area contributed by atoms with Gasteiger partial charge >= 0.3 is 0 Å². The van der Waals surface area contributed by atoms with Gasteiger partial charge in [0.2, 0.25) is 0 Å². The van der Waals surface area contributed by atoms with Crippen LogP contribution >= 0.6 is 0 Å². The van der Waals surface area contributed by atoms with Crippen LogP contribution in [0.25, 0.3) is 0 Å². The SMILES string of the molecule is CNc1cc(NCCOC2CCCC2)nc(C(C)C)n1. The van der Waals surface area contributed by atoms with Crippen LogP contribution in [0.15, 0.2) is 6.07 Å². The molecule has 1 saturated carbocycles. The second-order valence-electron chi connectivity index (χ2n) is 5.61. The van der Waals surface area contributed by atoms with E-state index in [4.69, 9.17) is 4.74 Å². The first-order chi connectivity index (χ1) is 9.69. The van der Waals surface area contributed by atoms with E-state index >= 15 is 0 Å². The third kappa shape index (κ3) is 4.34. The minimum Gasteiger partial charge on any atom is -0.376 e.